The average Bonchev–Trinajstić information content (AvgIpc) is 2.60. The summed E-state index contributed by atoms with van der Waals surface area (Å²) in [5.41, 5.74) is 1.37. The maximum Gasteiger partial charge on any atom is 0.342 e. The number of aliphatic hydroxyl groups is 1. The van der Waals surface area contributed by atoms with Crippen LogP contribution in [0.4, 0.5) is 0 Å². The van der Waals surface area contributed by atoms with E-state index < -0.39 is 5.97 Å². The second-order valence-corrected chi connectivity index (χ2v) is 7.59. The predicted molar refractivity (Wildman–Crippen MR) is 110 cm³/mol. The van der Waals surface area contributed by atoms with Crippen molar-refractivity contribution < 1.29 is 14.6 Å². The highest BCUT2D eigenvalue weighted by Gasteiger charge is 2.16. The van der Waals surface area contributed by atoms with Gasteiger partial charge in [-0.15, -0.1) is 0 Å². The third-order valence-corrected chi connectivity index (χ3v) is 3.84. The molecule has 142 valence electrons. The van der Waals surface area contributed by atoms with Gasteiger partial charge in [-0.3, -0.25) is 0 Å². The molecular formula is C22H24ClNO3. The Bertz CT molecular complexity index is 847. The molecule has 0 radical (unpaired) electrons. The molecule has 0 fully saturated rings. The van der Waals surface area contributed by atoms with E-state index in [0.717, 1.165) is 5.56 Å². The van der Waals surface area contributed by atoms with Gasteiger partial charge in [0.05, 0.1) is 5.57 Å². The second-order valence-electron chi connectivity index (χ2n) is 7.15. The minimum atomic E-state index is -0.610. The molecule has 0 unspecified atom stereocenters. The Morgan fingerprint density at radius 2 is 1.67 bits per heavy atom. The van der Waals surface area contributed by atoms with Crippen LogP contribution >= 0.6 is 11.6 Å². The summed E-state index contributed by atoms with van der Waals surface area (Å²) < 4.78 is 5.28. The molecule has 0 saturated heterocycles. The van der Waals surface area contributed by atoms with Gasteiger partial charge < -0.3 is 15.2 Å². The molecule has 0 spiro atoms. The Kier molecular flexibility index (Phi) is 6.70. The largest absolute Gasteiger partial charge is 0.507 e. The van der Waals surface area contributed by atoms with Crippen molar-refractivity contribution in [3.8, 4) is 5.75 Å². The van der Waals surface area contributed by atoms with E-state index in [1.54, 1.807) is 36.4 Å². The van der Waals surface area contributed by atoms with Crippen molar-refractivity contribution in [1.29, 1.82) is 0 Å². The number of esters is 1. The molecule has 2 N–H and O–H groups in total. The molecule has 2 rings (SSSR count). The summed E-state index contributed by atoms with van der Waals surface area (Å²) in [6, 6.07) is 16.0. The summed E-state index contributed by atoms with van der Waals surface area (Å²) in [4.78, 5) is 12.3. The van der Waals surface area contributed by atoms with Gasteiger partial charge in [0.2, 0.25) is 0 Å². The lowest BCUT2D eigenvalue weighted by Crippen LogP contribution is -2.34. The number of rotatable bonds is 5. The maximum atomic E-state index is 12.3. The minimum Gasteiger partial charge on any atom is -0.507 e. The first-order valence-corrected chi connectivity index (χ1v) is 8.96. The predicted octanol–water partition coefficient (Wildman–Crippen LogP) is 5.51. The zero-order valence-corrected chi connectivity index (χ0v) is 16.7. The number of carbonyl (C=O) groups is 1. The zero-order chi connectivity index (χ0) is 20.0. The van der Waals surface area contributed by atoms with Crippen molar-refractivity contribution in [3.63, 3.8) is 0 Å². The van der Waals surface area contributed by atoms with Crippen molar-refractivity contribution in [3.05, 3.63) is 82.6 Å². The van der Waals surface area contributed by atoms with Crippen LogP contribution in [0.25, 0.3) is 5.70 Å². The van der Waals surface area contributed by atoms with Gasteiger partial charge in [0.15, 0.2) is 0 Å². The molecule has 0 aliphatic carbocycles. The van der Waals surface area contributed by atoms with Crippen molar-refractivity contribution in [2.45, 2.75) is 33.2 Å². The summed E-state index contributed by atoms with van der Waals surface area (Å²) in [6.45, 7) is 7.55. The average molecular weight is 386 g/mol. The Morgan fingerprint density at radius 1 is 1.07 bits per heavy atom. The van der Waals surface area contributed by atoms with Crippen LogP contribution in [-0.2, 0) is 4.79 Å². The lowest BCUT2D eigenvalue weighted by atomic mass is 10.0. The van der Waals surface area contributed by atoms with Crippen LogP contribution in [0.3, 0.4) is 0 Å². The molecule has 0 saturated carbocycles. The molecule has 0 aromatic heterocycles. The molecular weight excluding hydrogens is 362 g/mol. The van der Waals surface area contributed by atoms with E-state index in [1.165, 1.54) is 13.0 Å². The molecule has 0 aliphatic heterocycles. The fourth-order valence-electron chi connectivity index (χ4n) is 2.25. The van der Waals surface area contributed by atoms with E-state index >= 15 is 0 Å². The number of nitrogens with one attached hydrogen (secondary N) is 1. The van der Waals surface area contributed by atoms with Crippen molar-refractivity contribution in [2.75, 3.05) is 0 Å². The highest BCUT2D eigenvalue weighted by Crippen LogP contribution is 2.21. The van der Waals surface area contributed by atoms with Crippen LogP contribution in [0, 0.1) is 0 Å². The number of allylic oxidation sites excluding steroid dienone is 1. The first-order valence-electron chi connectivity index (χ1n) is 8.58. The Hall–Kier alpha value is -2.72. The first-order chi connectivity index (χ1) is 12.7. The summed E-state index contributed by atoms with van der Waals surface area (Å²) >= 11 is 5.96. The molecule has 2 aromatic carbocycles. The minimum absolute atomic E-state index is 0.112. The SMILES string of the molecule is C/C(C(=O)Oc1ccccc1)=C(O)/C=C(\NC(C)(C)C)c1ccc(Cl)cc1. The number of carbonyl (C=O) groups excluding carboxylic acids is 1. The van der Waals surface area contributed by atoms with Gasteiger partial charge in [-0.2, -0.15) is 0 Å². The molecule has 2 aromatic rings. The number of hydrogen-bond acceptors (Lipinski definition) is 4. The lowest BCUT2D eigenvalue weighted by molar-refractivity contribution is -0.130. The van der Waals surface area contributed by atoms with Crippen LogP contribution < -0.4 is 10.1 Å². The first kappa shape index (κ1) is 20.6. The quantitative estimate of drug-likeness (QED) is 0.234. The van der Waals surface area contributed by atoms with E-state index in [4.69, 9.17) is 16.3 Å². The van der Waals surface area contributed by atoms with Gasteiger partial charge in [-0.1, -0.05) is 41.9 Å². The summed E-state index contributed by atoms with van der Waals surface area (Å²) in [5, 5.41) is 14.4. The van der Waals surface area contributed by atoms with Gasteiger partial charge in [0.1, 0.15) is 11.5 Å². The molecule has 5 heteroatoms. The molecule has 0 amide bonds. The fourth-order valence-corrected chi connectivity index (χ4v) is 2.37. The molecule has 0 aliphatic rings. The van der Waals surface area contributed by atoms with E-state index in [2.05, 4.69) is 5.32 Å². The van der Waals surface area contributed by atoms with Crippen LogP contribution in [-0.4, -0.2) is 16.6 Å². The van der Waals surface area contributed by atoms with Gasteiger partial charge in [0.25, 0.3) is 0 Å². The number of hydrogen-bond donors (Lipinski definition) is 2. The van der Waals surface area contributed by atoms with E-state index in [9.17, 15) is 9.90 Å². The van der Waals surface area contributed by atoms with Gasteiger partial charge in [0, 0.05) is 22.3 Å². The number of benzene rings is 2. The maximum absolute atomic E-state index is 12.3. The van der Waals surface area contributed by atoms with Gasteiger partial charge >= 0.3 is 5.97 Å². The molecule has 0 heterocycles. The number of halogens is 1. The molecule has 0 atom stereocenters. The van der Waals surface area contributed by atoms with Crippen molar-refractivity contribution >= 4 is 23.3 Å². The fraction of sp³-hybridized carbons (Fsp3) is 0.227. The van der Waals surface area contributed by atoms with E-state index in [-0.39, 0.29) is 16.9 Å². The van der Waals surface area contributed by atoms with Gasteiger partial charge in [-0.05, 0) is 57.5 Å². The number of aliphatic hydroxyl groups excluding tert-OH is 1. The monoisotopic (exact) mass is 385 g/mol. The summed E-state index contributed by atoms with van der Waals surface area (Å²) in [5.74, 6) is -0.358. The topological polar surface area (TPSA) is 58.6 Å². The highest BCUT2D eigenvalue weighted by molar-refractivity contribution is 6.30. The highest BCUT2D eigenvalue weighted by atomic mass is 35.5. The van der Waals surface area contributed by atoms with Crippen LogP contribution in [0.2, 0.25) is 5.02 Å². The number of ether oxygens (including phenoxy) is 1. The second kappa shape index (κ2) is 8.78. The summed E-state index contributed by atoms with van der Waals surface area (Å²) in [7, 11) is 0. The standard InChI is InChI=1S/C22H24ClNO3/c1-15(21(26)27-18-8-6-5-7-9-18)20(25)14-19(24-22(2,3)4)16-10-12-17(23)13-11-16/h5-14,24-25H,1-4H3/b19-14-,20-15+. The van der Waals surface area contributed by atoms with Crippen molar-refractivity contribution in [1.82, 2.24) is 5.32 Å². The smallest absolute Gasteiger partial charge is 0.342 e. The Morgan fingerprint density at radius 3 is 2.22 bits per heavy atom. The number of para-hydroxylation sites is 1. The van der Waals surface area contributed by atoms with Crippen molar-refractivity contribution in [2.24, 2.45) is 0 Å². The Balaban J connectivity index is 2.33. The van der Waals surface area contributed by atoms with E-state index in [1.807, 2.05) is 39.0 Å². The third-order valence-electron chi connectivity index (χ3n) is 3.59. The summed E-state index contributed by atoms with van der Waals surface area (Å²) in [6.07, 6.45) is 1.52. The van der Waals surface area contributed by atoms with Crippen LogP contribution in [0.5, 0.6) is 5.75 Å². The molecule has 0 bridgehead atoms. The normalized spacial score (nSPS) is 13.0. The molecule has 27 heavy (non-hydrogen) atoms. The van der Waals surface area contributed by atoms with Crippen LogP contribution in [0.1, 0.15) is 33.3 Å². The van der Waals surface area contributed by atoms with Crippen LogP contribution in [0.15, 0.2) is 72.0 Å². The van der Waals surface area contributed by atoms with Gasteiger partial charge in [-0.25, -0.2) is 4.79 Å². The Labute approximate surface area is 165 Å². The molecule has 4 nitrogen and oxygen atoms in total. The van der Waals surface area contributed by atoms with E-state index in [0.29, 0.717) is 16.5 Å². The zero-order valence-electron chi connectivity index (χ0n) is 15.9. The lowest BCUT2D eigenvalue weighted by Gasteiger charge is -2.25. The third kappa shape index (κ3) is 6.50.